The molecule has 4 aliphatic heterocycles. The number of esters is 3. The van der Waals surface area contributed by atoms with Gasteiger partial charge in [-0.25, -0.2) is 4.79 Å². The number of carbonyl (C=O) groups excluding carboxylic acids is 6. The first-order valence-electron chi connectivity index (χ1n) is 37.8. The average Bonchev–Trinajstić information content (AvgIpc) is 1.47. The molecule has 4 aliphatic rings. The number of benzene rings is 8. The summed E-state index contributed by atoms with van der Waals surface area (Å²) >= 11 is 0. The number of rotatable bonds is 40. The minimum atomic E-state index is -1.82. The van der Waals surface area contributed by atoms with Gasteiger partial charge in [0.1, 0.15) is 72.5 Å². The zero-order valence-corrected chi connectivity index (χ0v) is 62.8. The quantitative estimate of drug-likeness (QED) is 0.0162. The molecule has 2 amide bonds. The third-order valence-corrected chi connectivity index (χ3v) is 19.7. The van der Waals surface area contributed by atoms with E-state index in [1.165, 1.54) is 26.2 Å². The second-order valence-corrected chi connectivity index (χ2v) is 27.6. The number of methoxy groups -OCH3 is 2. The smallest absolute Gasteiger partial charge is 0.338 e. The van der Waals surface area contributed by atoms with E-state index < -0.39 is 135 Å². The highest BCUT2D eigenvalue weighted by Gasteiger charge is 2.59. The summed E-state index contributed by atoms with van der Waals surface area (Å²) in [5, 5.41) is 11.8. The first-order chi connectivity index (χ1) is 54.8. The molecule has 24 heteroatoms. The van der Waals surface area contributed by atoms with Crippen molar-refractivity contribution in [1.29, 1.82) is 0 Å². The lowest BCUT2D eigenvalue weighted by molar-refractivity contribution is -0.374. The van der Waals surface area contributed by atoms with Crippen molar-refractivity contribution < 1.29 is 110 Å². The number of aliphatic hydroxyl groups excluding tert-OH is 1. The molecule has 0 saturated carbocycles. The topological polar surface area (TPSA) is 274 Å². The van der Waals surface area contributed by atoms with Gasteiger partial charge in [0.25, 0.3) is 11.8 Å². The Hall–Kier alpha value is -9.74. The van der Waals surface area contributed by atoms with Crippen LogP contribution >= 0.6 is 0 Å². The Morgan fingerprint density at radius 2 is 0.857 bits per heavy atom. The van der Waals surface area contributed by atoms with Crippen molar-refractivity contribution in [3.8, 4) is 5.75 Å². The second kappa shape index (κ2) is 41.7. The molecule has 0 aromatic heterocycles. The Bertz CT molecular complexity index is 4210. The van der Waals surface area contributed by atoms with Crippen molar-refractivity contribution >= 4 is 35.5 Å². The Morgan fingerprint density at radius 1 is 0.393 bits per heavy atom. The van der Waals surface area contributed by atoms with Crippen molar-refractivity contribution in [2.45, 2.75) is 177 Å². The molecule has 8 aromatic carbocycles. The van der Waals surface area contributed by atoms with Crippen LogP contribution < -0.4 is 4.74 Å². The highest BCUT2D eigenvalue weighted by molar-refractivity contribution is 6.21. The lowest BCUT2D eigenvalue weighted by Gasteiger charge is -2.50. The minimum absolute atomic E-state index is 0.00775. The lowest BCUT2D eigenvalue weighted by atomic mass is 9.94. The Labute approximate surface area is 651 Å². The number of unbranched alkanes of at least 4 members (excludes halogenated alkanes) is 2. The standard InChI is InChI=1S/C88H95NO23/c1-58(91)42-47-73(93)110-77-69(49-90)107-87(106-57-71-75(101-55-64-43-45-66(97-2)46-44-64)78(103-52-61-31-15-6-16-32-61)74(86(108-71)100-48-26-10-23-41-72(92)98-3)89-83(94)67-39-24-25-40-68(67)84(89)95)82(111-85(96)65-37-21-9-22-38-65)80(77)112-88-81(105-54-63-35-19-8-20-36-63)79(104-53-62-33-17-7-18-34-62)76(102-51-60-29-13-5-14-30-60)70(109-88)56-99-50-59-27-11-4-12-28-59/h4-9,11-22,24-25,27-40,43-46,69-71,74-82,86-88,90H,10,23,26,41-42,47-57H2,1-3H3/t69-,70-,71-,74-,75-,76-,77+,78-,79+,80+,81-,82-,86-,87-,88-/m1/s1. The Kier molecular flexibility index (Phi) is 30.4. The second-order valence-electron chi connectivity index (χ2n) is 27.6. The van der Waals surface area contributed by atoms with Crippen LogP contribution in [0.1, 0.15) is 110 Å². The van der Waals surface area contributed by atoms with Gasteiger partial charge in [0.2, 0.25) is 0 Å². The molecule has 4 heterocycles. The molecule has 3 saturated heterocycles. The first-order valence-corrected chi connectivity index (χ1v) is 37.8. The van der Waals surface area contributed by atoms with Gasteiger partial charge in [-0.15, -0.1) is 0 Å². The highest BCUT2D eigenvalue weighted by Crippen LogP contribution is 2.40. The van der Waals surface area contributed by atoms with Gasteiger partial charge in [-0.2, -0.15) is 0 Å². The predicted octanol–water partition coefficient (Wildman–Crippen LogP) is 11.6. The molecule has 1 N–H and O–H groups in total. The number of aliphatic hydroxyl groups is 1. The van der Waals surface area contributed by atoms with Crippen LogP contribution in [0, 0.1) is 0 Å². The molecule has 3 fully saturated rings. The number of hydrogen-bond acceptors (Lipinski definition) is 23. The van der Waals surface area contributed by atoms with E-state index in [1.807, 2.05) is 164 Å². The fourth-order valence-corrected chi connectivity index (χ4v) is 13.9. The van der Waals surface area contributed by atoms with Crippen LogP contribution in [0.3, 0.4) is 0 Å². The first kappa shape index (κ1) is 81.7. The van der Waals surface area contributed by atoms with Crippen LogP contribution in [0.25, 0.3) is 0 Å². The molecule has 12 rings (SSSR count). The summed E-state index contributed by atoms with van der Waals surface area (Å²) in [5.74, 6) is -3.20. The number of ketones is 1. The molecule has 0 radical (unpaired) electrons. The number of ether oxygens (including phenoxy) is 16. The summed E-state index contributed by atoms with van der Waals surface area (Å²) in [6, 6.07) is 67.7. The SMILES string of the molecule is COC(=O)CCCCCO[C@@H]1O[C@H](CO[C@@H]2O[C@H](CO)[C@H](OC(=O)CCC(C)=O)[C@H](O[C@H]3O[C@H](COCc4ccccc4)[C@@H](OCc4ccccc4)[C@H](OCc4ccccc4)[C@H]3OCc3ccccc3)[C@H]2OC(=O)c2ccccc2)[C@@H](OCc2ccc(OC)cc2)[C@H](OCc2ccccc2)[C@H]1N1C(=O)c2ccccc2C1=O. The van der Waals surface area contributed by atoms with Crippen LogP contribution in [0.2, 0.25) is 0 Å². The van der Waals surface area contributed by atoms with Gasteiger partial charge in [-0.1, -0.05) is 201 Å². The minimum Gasteiger partial charge on any atom is -0.497 e. The number of nitrogens with zero attached hydrogens (tertiary/aromatic N) is 1. The molecule has 0 aliphatic carbocycles. The number of fused-ring (bicyclic) bond motifs is 1. The summed E-state index contributed by atoms with van der Waals surface area (Å²) < 4.78 is 108. The maximum atomic E-state index is 15.2. The zero-order valence-electron chi connectivity index (χ0n) is 62.8. The Balaban J connectivity index is 0.972. The monoisotopic (exact) mass is 1530 g/mol. The van der Waals surface area contributed by atoms with E-state index in [2.05, 4.69) is 0 Å². The van der Waals surface area contributed by atoms with Crippen LogP contribution in [0.5, 0.6) is 5.75 Å². The predicted molar refractivity (Wildman–Crippen MR) is 404 cm³/mol. The Morgan fingerprint density at radius 3 is 1.38 bits per heavy atom. The maximum Gasteiger partial charge on any atom is 0.338 e. The van der Waals surface area contributed by atoms with Crippen molar-refractivity contribution in [3.05, 3.63) is 281 Å². The molecule has 15 atom stereocenters. The summed E-state index contributed by atoms with van der Waals surface area (Å²) in [5.41, 5.74) is 5.03. The van der Waals surface area contributed by atoms with Crippen LogP contribution in [-0.4, -0.2) is 178 Å². The van der Waals surface area contributed by atoms with Crippen molar-refractivity contribution in [2.75, 3.05) is 40.6 Å². The van der Waals surface area contributed by atoms with Crippen molar-refractivity contribution in [3.63, 3.8) is 0 Å². The summed E-state index contributed by atoms with van der Waals surface area (Å²) in [6.45, 7) is -0.187. The van der Waals surface area contributed by atoms with Gasteiger partial charge in [-0.3, -0.25) is 24.1 Å². The van der Waals surface area contributed by atoms with Crippen LogP contribution in [0.15, 0.2) is 231 Å². The molecule has 0 spiro atoms. The van der Waals surface area contributed by atoms with E-state index in [9.17, 15) is 19.5 Å². The molecular weight excluding hydrogens is 1440 g/mol. The van der Waals surface area contributed by atoms with E-state index in [-0.39, 0.29) is 94.1 Å². The lowest BCUT2D eigenvalue weighted by Crippen LogP contribution is -2.68. The number of hydrogen-bond donors (Lipinski definition) is 1. The normalized spacial score (nSPS) is 24.2. The van der Waals surface area contributed by atoms with E-state index >= 15 is 14.4 Å². The summed E-state index contributed by atoms with van der Waals surface area (Å²) in [4.78, 5) is 85.8. The molecular formula is C88H95NO23. The average molecular weight is 1530 g/mol. The fourth-order valence-electron chi connectivity index (χ4n) is 13.9. The van der Waals surface area contributed by atoms with Gasteiger partial charge in [0.05, 0.1) is 96.8 Å². The molecule has 0 bridgehead atoms. The number of carbonyl (C=O) groups is 6. The van der Waals surface area contributed by atoms with E-state index in [0.29, 0.717) is 30.6 Å². The third-order valence-electron chi connectivity index (χ3n) is 19.7. The van der Waals surface area contributed by atoms with Gasteiger partial charge in [0, 0.05) is 19.4 Å². The maximum absolute atomic E-state index is 15.2. The van der Waals surface area contributed by atoms with Crippen molar-refractivity contribution in [1.82, 2.24) is 4.90 Å². The van der Waals surface area contributed by atoms with Crippen LogP contribution in [0.4, 0.5) is 0 Å². The summed E-state index contributed by atoms with van der Waals surface area (Å²) in [7, 11) is 2.87. The largest absolute Gasteiger partial charge is 0.497 e. The highest BCUT2D eigenvalue weighted by atomic mass is 16.8. The number of imide groups is 1. The number of Topliss-reactive ketones (excluding diaryl/α,β-unsaturated/α-hetero) is 1. The number of amides is 2. The molecule has 0 unspecified atom stereocenters. The van der Waals surface area contributed by atoms with Gasteiger partial charge >= 0.3 is 17.9 Å². The van der Waals surface area contributed by atoms with E-state index in [4.69, 9.17) is 75.8 Å². The summed E-state index contributed by atoms with van der Waals surface area (Å²) in [6.07, 6.45) is -19.2. The third kappa shape index (κ3) is 22.1. The van der Waals surface area contributed by atoms with Gasteiger partial charge in [-0.05, 0) is 89.5 Å². The van der Waals surface area contributed by atoms with Gasteiger partial charge < -0.3 is 85.7 Å². The molecule has 24 nitrogen and oxygen atoms in total. The zero-order chi connectivity index (χ0) is 78.0. The van der Waals surface area contributed by atoms with Crippen molar-refractivity contribution in [2.24, 2.45) is 0 Å². The fraction of sp³-hybridized carbons (Fsp3) is 0.386. The van der Waals surface area contributed by atoms with Gasteiger partial charge in [0.15, 0.2) is 31.1 Å². The van der Waals surface area contributed by atoms with E-state index in [1.54, 1.807) is 61.7 Å². The van der Waals surface area contributed by atoms with E-state index in [0.717, 1.165) is 32.7 Å². The molecule has 112 heavy (non-hydrogen) atoms. The van der Waals surface area contributed by atoms with Crippen LogP contribution in [-0.2, 0) is 125 Å². The molecule has 8 aromatic rings. The molecule has 590 valence electrons.